The molecule has 0 fully saturated rings. The Kier molecular flexibility index (Phi) is 4.89. The standard InChI is InChI=1S/C13H15BrN4O2S/c1-13(2,3)20-12(19)16-9-6-4-5-8(15-9)11-18-17-10(7-14)21-11/h4-6H,7H2,1-3H3,(H,15,16,19). The summed E-state index contributed by atoms with van der Waals surface area (Å²) < 4.78 is 5.19. The fraction of sp³-hybridized carbons (Fsp3) is 0.385. The van der Waals surface area contributed by atoms with E-state index in [2.05, 4.69) is 36.4 Å². The van der Waals surface area contributed by atoms with Crippen molar-refractivity contribution in [2.75, 3.05) is 5.32 Å². The number of pyridine rings is 1. The van der Waals surface area contributed by atoms with E-state index in [1.807, 2.05) is 6.07 Å². The van der Waals surface area contributed by atoms with Crippen LogP contribution in [0.3, 0.4) is 0 Å². The van der Waals surface area contributed by atoms with Gasteiger partial charge >= 0.3 is 6.09 Å². The van der Waals surface area contributed by atoms with Crippen molar-refractivity contribution in [3.05, 3.63) is 23.2 Å². The summed E-state index contributed by atoms with van der Waals surface area (Å²) in [6.07, 6.45) is -0.537. The highest BCUT2D eigenvalue weighted by Crippen LogP contribution is 2.24. The zero-order valence-corrected chi connectivity index (χ0v) is 14.3. The summed E-state index contributed by atoms with van der Waals surface area (Å²) in [5.74, 6) is 0.414. The molecular weight excluding hydrogens is 356 g/mol. The third-order valence-corrected chi connectivity index (χ3v) is 4.03. The topological polar surface area (TPSA) is 77.0 Å². The first-order valence-corrected chi connectivity index (χ1v) is 8.17. The van der Waals surface area contributed by atoms with Crippen LogP contribution in [-0.2, 0) is 10.1 Å². The maximum Gasteiger partial charge on any atom is 0.413 e. The number of nitrogens with zero attached hydrogens (tertiary/aromatic N) is 3. The summed E-state index contributed by atoms with van der Waals surface area (Å²) in [4.78, 5) is 16.1. The lowest BCUT2D eigenvalue weighted by Crippen LogP contribution is -2.27. The normalized spacial score (nSPS) is 11.2. The second-order valence-corrected chi connectivity index (χ2v) is 6.79. The number of amides is 1. The van der Waals surface area contributed by atoms with E-state index in [4.69, 9.17) is 4.74 Å². The van der Waals surface area contributed by atoms with Gasteiger partial charge in [0.1, 0.15) is 22.1 Å². The minimum Gasteiger partial charge on any atom is -0.444 e. The molecule has 0 unspecified atom stereocenters. The van der Waals surface area contributed by atoms with Crippen LogP contribution in [0, 0.1) is 0 Å². The van der Waals surface area contributed by atoms with Crippen molar-refractivity contribution >= 4 is 39.2 Å². The van der Waals surface area contributed by atoms with Gasteiger partial charge in [0.15, 0.2) is 5.01 Å². The monoisotopic (exact) mass is 370 g/mol. The molecule has 0 aliphatic carbocycles. The van der Waals surface area contributed by atoms with Crippen LogP contribution in [0.25, 0.3) is 10.7 Å². The molecule has 0 saturated carbocycles. The molecular formula is C13H15BrN4O2S. The molecule has 2 rings (SSSR count). The van der Waals surface area contributed by atoms with E-state index in [1.165, 1.54) is 11.3 Å². The molecule has 112 valence electrons. The van der Waals surface area contributed by atoms with Gasteiger partial charge in [-0.3, -0.25) is 5.32 Å². The van der Waals surface area contributed by atoms with Crippen molar-refractivity contribution in [3.8, 4) is 10.7 Å². The van der Waals surface area contributed by atoms with Gasteiger partial charge in [-0.15, -0.1) is 10.2 Å². The number of nitrogens with one attached hydrogen (secondary N) is 1. The Labute approximate surface area is 135 Å². The Bertz CT molecular complexity index is 639. The average Bonchev–Trinajstić information content (AvgIpc) is 2.85. The summed E-state index contributed by atoms with van der Waals surface area (Å²) in [7, 11) is 0. The van der Waals surface area contributed by atoms with E-state index in [9.17, 15) is 4.79 Å². The van der Waals surface area contributed by atoms with Crippen LogP contribution in [-0.4, -0.2) is 26.9 Å². The second-order valence-electron chi connectivity index (χ2n) is 5.17. The SMILES string of the molecule is CC(C)(C)OC(=O)Nc1cccc(-c2nnc(CBr)s2)n1. The summed E-state index contributed by atoms with van der Waals surface area (Å²) in [5.41, 5.74) is 0.111. The molecule has 1 amide bonds. The number of hydrogen-bond acceptors (Lipinski definition) is 6. The number of anilines is 1. The Hall–Kier alpha value is -1.54. The van der Waals surface area contributed by atoms with Crippen LogP contribution in [0.2, 0.25) is 0 Å². The molecule has 1 N–H and O–H groups in total. The van der Waals surface area contributed by atoms with Crippen molar-refractivity contribution in [2.24, 2.45) is 0 Å². The fourth-order valence-electron chi connectivity index (χ4n) is 1.44. The van der Waals surface area contributed by atoms with Gasteiger partial charge in [-0.05, 0) is 32.9 Å². The number of hydrogen-bond donors (Lipinski definition) is 1. The predicted octanol–water partition coefficient (Wildman–Crippen LogP) is 3.84. The van der Waals surface area contributed by atoms with Crippen LogP contribution >= 0.6 is 27.3 Å². The number of alkyl halides is 1. The highest BCUT2D eigenvalue weighted by atomic mass is 79.9. The highest BCUT2D eigenvalue weighted by Gasteiger charge is 2.17. The lowest BCUT2D eigenvalue weighted by atomic mass is 10.2. The number of rotatable bonds is 3. The van der Waals surface area contributed by atoms with Crippen LogP contribution in [0.1, 0.15) is 25.8 Å². The predicted molar refractivity (Wildman–Crippen MR) is 85.6 cm³/mol. The lowest BCUT2D eigenvalue weighted by Gasteiger charge is -2.19. The maximum atomic E-state index is 11.7. The number of carbonyl (C=O) groups excluding carboxylic acids is 1. The molecule has 2 aromatic heterocycles. The van der Waals surface area contributed by atoms with Gasteiger partial charge in [0.25, 0.3) is 0 Å². The number of aromatic nitrogens is 3. The zero-order valence-electron chi connectivity index (χ0n) is 11.9. The van der Waals surface area contributed by atoms with Crippen LogP contribution in [0.5, 0.6) is 0 Å². The van der Waals surface area contributed by atoms with Crippen LogP contribution < -0.4 is 5.32 Å². The smallest absolute Gasteiger partial charge is 0.413 e. The molecule has 0 radical (unpaired) electrons. The van der Waals surface area contributed by atoms with Crippen LogP contribution in [0.4, 0.5) is 10.6 Å². The third kappa shape index (κ3) is 4.75. The molecule has 0 atom stereocenters. The minimum atomic E-state index is -0.550. The Balaban J connectivity index is 2.12. The average molecular weight is 371 g/mol. The van der Waals surface area contributed by atoms with Gasteiger partial charge in [0, 0.05) is 0 Å². The van der Waals surface area contributed by atoms with E-state index in [-0.39, 0.29) is 0 Å². The Morgan fingerprint density at radius 2 is 2.14 bits per heavy atom. The first-order valence-electron chi connectivity index (χ1n) is 6.23. The number of ether oxygens (including phenoxy) is 1. The van der Waals surface area contributed by atoms with E-state index in [0.717, 1.165) is 5.01 Å². The van der Waals surface area contributed by atoms with Crippen molar-refractivity contribution < 1.29 is 9.53 Å². The molecule has 0 aliphatic heterocycles. The van der Waals surface area contributed by atoms with Gasteiger partial charge in [0.2, 0.25) is 0 Å². The molecule has 2 aromatic rings. The molecule has 6 nitrogen and oxygen atoms in total. The molecule has 0 aliphatic rings. The van der Waals surface area contributed by atoms with E-state index < -0.39 is 11.7 Å². The van der Waals surface area contributed by atoms with Crippen molar-refractivity contribution in [2.45, 2.75) is 31.7 Å². The summed E-state index contributed by atoms with van der Waals surface area (Å²) in [6.45, 7) is 5.42. The second kappa shape index (κ2) is 6.48. The van der Waals surface area contributed by atoms with E-state index >= 15 is 0 Å². The molecule has 21 heavy (non-hydrogen) atoms. The Morgan fingerprint density at radius 3 is 2.76 bits per heavy atom. The third-order valence-electron chi connectivity index (χ3n) is 2.18. The molecule has 0 aromatic carbocycles. The lowest BCUT2D eigenvalue weighted by molar-refractivity contribution is 0.0635. The summed E-state index contributed by atoms with van der Waals surface area (Å²) >= 11 is 4.78. The first kappa shape index (κ1) is 15.8. The zero-order chi connectivity index (χ0) is 15.5. The van der Waals surface area contributed by atoms with Gasteiger partial charge in [-0.1, -0.05) is 33.3 Å². The number of carbonyl (C=O) groups is 1. The van der Waals surface area contributed by atoms with Gasteiger partial charge in [-0.2, -0.15) is 0 Å². The van der Waals surface area contributed by atoms with Crippen molar-refractivity contribution in [1.29, 1.82) is 0 Å². The summed E-state index contributed by atoms with van der Waals surface area (Å²) in [5, 5.41) is 12.9. The van der Waals surface area contributed by atoms with Crippen molar-refractivity contribution in [3.63, 3.8) is 0 Å². The van der Waals surface area contributed by atoms with E-state index in [0.29, 0.717) is 21.8 Å². The minimum absolute atomic E-state index is 0.414. The highest BCUT2D eigenvalue weighted by molar-refractivity contribution is 9.08. The Morgan fingerprint density at radius 1 is 1.38 bits per heavy atom. The molecule has 0 saturated heterocycles. The molecule has 8 heteroatoms. The summed E-state index contributed by atoms with van der Waals surface area (Å²) in [6, 6.07) is 5.31. The van der Waals surface area contributed by atoms with Gasteiger partial charge in [-0.25, -0.2) is 9.78 Å². The maximum absolute atomic E-state index is 11.7. The van der Waals surface area contributed by atoms with Gasteiger partial charge < -0.3 is 4.74 Å². The molecule has 0 spiro atoms. The fourth-order valence-corrected chi connectivity index (χ4v) is 2.56. The first-order chi connectivity index (χ1) is 9.87. The van der Waals surface area contributed by atoms with Crippen molar-refractivity contribution in [1.82, 2.24) is 15.2 Å². The number of halogens is 1. The van der Waals surface area contributed by atoms with E-state index in [1.54, 1.807) is 32.9 Å². The van der Waals surface area contributed by atoms with Crippen LogP contribution in [0.15, 0.2) is 18.2 Å². The largest absolute Gasteiger partial charge is 0.444 e. The van der Waals surface area contributed by atoms with Gasteiger partial charge in [0.05, 0.1) is 5.33 Å². The quantitative estimate of drug-likeness (QED) is 0.830. The molecule has 0 bridgehead atoms. The molecule has 2 heterocycles.